The minimum absolute atomic E-state index is 0.0920. The Hall–Kier alpha value is -3.62. The predicted octanol–water partition coefficient (Wildman–Crippen LogP) is 2.28. The minimum atomic E-state index is -0.566. The number of carbonyl (C=O) groups is 2. The van der Waals surface area contributed by atoms with Gasteiger partial charge >= 0.3 is 5.97 Å². The third-order valence-corrected chi connectivity index (χ3v) is 7.09. The van der Waals surface area contributed by atoms with Gasteiger partial charge < -0.3 is 34.5 Å². The summed E-state index contributed by atoms with van der Waals surface area (Å²) in [5, 5.41) is 10.4. The number of nitrogens with two attached hydrogens (primary N) is 1. The number of esters is 1. The molecule has 0 saturated carbocycles. The number of methoxy groups -OCH3 is 2. The number of hydrogen-bond acceptors (Lipinski definition) is 8. The summed E-state index contributed by atoms with van der Waals surface area (Å²) in [6.45, 7) is 2.05. The van der Waals surface area contributed by atoms with Crippen LogP contribution in [0.1, 0.15) is 35.4 Å². The molecule has 1 amide bonds. The molecule has 0 spiro atoms. The van der Waals surface area contributed by atoms with Crippen molar-refractivity contribution in [3.05, 3.63) is 41.0 Å². The average molecular weight is 455 g/mol. The van der Waals surface area contributed by atoms with Crippen LogP contribution in [0.2, 0.25) is 0 Å². The van der Waals surface area contributed by atoms with Gasteiger partial charge in [0.05, 0.1) is 26.7 Å². The molecule has 174 valence electrons. The largest absolute Gasteiger partial charge is 0.502 e. The molecular weight excluding hydrogens is 430 g/mol. The zero-order valence-corrected chi connectivity index (χ0v) is 18.5. The lowest BCUT2D eigenvalue weighted by atomic mass is 9.60. The fourth-order valence-electron chi connectivity index (χ4n) is 5.52. The molecule has 5 unspecified atom stereocenters. The number of amides is 1. The van der Waals surface area contributed by atoms with Gasteiger partial charge in [0.2, 0.25) is 18.4 Å². The van der Waals surface area contributed by atoms with Crippen LogP contribution < -0.4 is 24.7 Å². The normalized spacial score (nSPS) is 25.6. The van der Waals surface area contributed by atoms with E-state index in [0.717, 1.165) is 11.1 Å². The first-order valence-electron chi connectivity index (χ1n) is 10.7. The number of primary amides is 1. The van der Waals surface area contributed by atoms with Crippen LogP contribution in [0.15, 0.2) is 24.3 Å². The molecule has 1 fully saturated rings. The molecule has 5 atom stereocenters. The Bertz CT molecular complexity index is 1120. The number of phenols is 1. The Kier molecular flexibility index (Phi) is 4.99. The lowest BCUT2D eigenvalue weighted by Crippen LogP contribution is -2.40. The van der Waals surface area contributed by atoms with Gasteiger partial charge in [0, 0.05) is 23.7 Å². The molecule has 1 aliphatic carbocycles. The number of fused-ring (bicyclic) bond motifs is 3. The Labute approximate surface area is 190 Å². The summed E-state index contributed by atoms with van der Waals surface area (Å²) >= 11 is 0. The number of carbonyl (C=O) groups excluding carboxylic acids is 2. The molecule has 33 heavy (non-hydrogen) atoms. The summed E-state index contributed by atoms with van der Waals surface area (Å²) in [6.07, 6.45) is 0. The first kappa shape index (κ1) is 21.2. The van der Waals surface area contributed by atoms with E-state index in [2.05, 4.69) is 0 Å². The molecular formula is C24H25NO8. The van der Waals surface area contributed by atoms with Crippen molar-refractivity contribution in [1.29, 1.82) is 0 Å². The van der Waals surface area contributed by atoms with Gasteiger partial charge in [-0.15, -0.1) is 0 Å². The van der Waals surface area contributed by atoms with Gasteiger partial charge in [0.25, 0.3) is 0 Å². The topological polar surface area (TPSA) is 127 Å². The summed E-state index contributed by atoms with van der Waals surface area (Å²) in [5.41, 5.74) is 8.09. The molecule has 0 aromatic heterocycles. The Morgan fingerprint density at radius 2 is 1.67 bits per heavy atom. The Morgan fingerprint density at radius 3 is 2.24 bits per heavy atom. The number of benzene rings is 2. The summed E-state index contributed by atoms with van der Waals surface area (Å²) in [7, 11) is 2.89. The van der Waals surface area contributed by atoms with Gasteiger partial charge in [-0.25, -0.2) is 0 Å². The van der Waals surface area contributed by atoms with Crippen molar-refractivity contribution in [2.75, 3.05) is 27.6 Å². The smallest absolute Gasteiger partial charge is 0.310 e. The summed E-state index contributed by atoms with van der Waals surface area (Å²) < 4.78 is 27.5. The van der Waals surface area contributed by atoms with E-state index in [9.17, 15) is 14.7 Å². The maximum atomic E-state index is 13.0. The molecule has 1 saturated heterocycles. The highest BCUT2D eigenvalue weighted by atomic mass is 16.7. The van der Waals surface area contributed by atoms with Gasteiger partial charge in [0.1, 0.15) is 0 Å². The monoisotopic (exact) mass is 455 g/mol. The fraction of sp³-hybridized carbons (Fsp3) is 0.417. The van der Waals surface area contributed by atoms with Crippen molar-refractivity contribution in [3.63, 3.8) is 0 Å². The second kappa shape index (κ2) is 7.75. The number of hydrogen-bond donors (Lipinski definition) is 2. The van der Waals surface area contributed by atoms with Crippen molar-refractivity contribution in [1.82, 2.24) is 0 Å². The van der Waals surface area contributed by atoms with Crippen LogP contribution in [0.3, 0.4) is 0 Å². The van der Waals surface area contributed by atoms with Gasteiger partial charge in [0.15, 0.2) is 23.0 Å². The summed E-state index contributed by atoms with van der Waals surface area (Å²) in [4.78, 5) is 25.3. The quantitative estimate of drug-likeness (QED) is 0.658. The van der Waals surface area contributed by atoms with E-state index in [1.807, 2.05) is 12.1 Å². The molecule has 2 aliphatic heterocycles. The van der Waals surface area contributed by atoms with E-state index in [1.165, 1.54) is 14.2 Å². The molecule has 3 aliphatic rings. The first-order chi connectivity index (χ1) is 15.8. The zero-order valence-electron chi connectivity index (χ0n) is 18.5. The van der Waals surface area contributed by atoms with Crippen molar-refractivity contribution in [2.24, 2.45) is 23.5 Å². The maximum Gasteiger partial charge on any atom is 0.310 e. The average Bonchev–Trinajstić information content (AvgIpc) is 3.42. The molecule has 2 aromatic carbocycles. The molecule has 9 heteroatoms. The number of rotatable bonds is 5. The highest BCUT2D eigenvalue weighted by Gasteiger charge is 2.54. The van der Waals surface area contributed by atoms with Gasteiger partial charge in [-0.2, -0.15) is 0 Å². The SMILES string of the molecule is COc1cc(C2c3cc4c(cc3C(C(C)C(N)=O)C3COC(=O)C23)OCO4)cc(OC)c1O. The van der Waals surface area contributed by atoms with Gasteiger partial charge in [-0.3, -0.25) is 9.59 Å². The van der Waals surface area contributed by atoms with Crippen molar-refractivity contribution < 1.29 is 38.4 Å². The molecule has 3 N–H and O–H groups in total. The highest BCUT2D eigenvalue weighted by Crippen LogP contribution is 2.57. The van der Waals surface area contributed by atoms with E-state index in [-0.39, 0.29) is 48.5 Å². The van der Waals surface area contributed by atoms with E-state index in [0.29, 0.717) is 17.1 Å². The van der Waals surface area contributed by atoms with Crippen molar-refractivity contribution in [2.45, 2.75) is 18.8 Å². The molecule has 0 radical (unpaired) electrons. The number of aromatic hydroxyl groups is 1. The van der Waals surface area contributed by atoms with E-state index in [4.69, 9.17) is 29.4 Å². The van der Waals surface area contributed by atoms with Gasteiger partial charge in [-0.05, 0) is 41.0 Å². The highest BCUT2D eigenvalue weighted by molar-refractivity contribution is 5.81. The van der Waals surface area contributed by atoms with Crippen LogP contribution in [0, 0.1) is 17.8 Å². The second-order valence-electron chi connectivity index (χ2n) is 8.62. The summed E-state index contributed by atoms with van der Waals surface area (Å²) in [6, 6.07) is 7.12. The summed E-state index contributed by atoms with van der Waals surface area (Å²) in [5.74, 6) is -1.49. The maximum absolute atomic E-state index is 13.0. The van der Waals surface area contributed by atoms with E-state index in [1.54, 1.807) is 19.1 Å². The van der Waals surface area contributed by atoms with E-state index < -0.39 is 23.7 Å². The second-order valence-corrected chi connectivity index (χ2v) is 8.62. The van der Waals surface area contributed by atoms with Crippen LogP contribution in [0.5, 0.6) is 28.7 Å². The Morgan fingerprint density at radius 1 is 1.06 bits per heavy atom. The van der Waals surface area contributed by atoms with Crippen molar-refractivity contribution in [3.8, 4) is 28.7 Å². The van der Waals surface area contributed by atoms with Gasteiger partial charge in [-0.1, -0.05) is 6.92 Å². The lowest BCUT2D eigenvalue weighted by Gasteiger charge is -2.41. The molecule has 9 nitrogen and oxygen atoms in total. The first-order valence-corrected chi connectivity index (χ1v) is 10.7. The lowest BCUT2D eigenvalue weighted by molar-refractivity contribution is -0.141. The third kappa shape index (κ3) is 3.13. The minimum Gasteiger partial charge on any atom is -0.502 e. The number of ether oxygens (including phenoxy) is 5. The van der Waals surface area contributed by atoms with Crippen LogP contribution >= 0.6 is 0 Å². The predicted molar refractivity (Wildman–Crippen MR) is 115 cm³/mol. The Balaban J connectivity index is 1.77. The molecule has 2 heterocycles. The fourth-order valence-corrected chi connectivity index (χ4v) is 5.52. The van der Waals surface area contributed by atoms with Crippen molar-refractivity contribution >= 4 is 11.9 Å². The van der Waals surface area contributed by atoms with Crippen LogP contribution in [-0.2, 0) is 14.3 Å². The molecule has 0 bridgehead atoms. The molecule has 5 rings (SSSR count). The number of cyclic esters (lactones) is 1. The standard InChI is InChI=1S/C24H25NO8/c1-10(23(25)27)19-12-6-15-16(33-9-32-15)7-13(12)20(21-14(19)8-31-24(21)28)11-4-17(29-2)22(26)18(5-11)30-3/h4-7,10,14,19-21,26H,8-9H2,1-3H3,(H2,25,27). The van der Waals surface area contributed by atoms with Crippen LogP contribution in [0.25, 0.3) is 0 Å². The van der Waals surface area contributed by atoms with Crippen LogP contribution in [-0.4, -0.2) is 44.6 Å². The third-order valence-electron chi connectivity index (χ3n) is 7.09. The molecule has 2 aromatic rings. The van der Waals surface area contributed by atoms with E-state index >= 15 is 0 Å². The number of phenolic OH excluding ortho intramolecular Hbond substituents is 1. The zero-order chi connectivity index (χ0) is 23.4. The van der Waals surface area contributed by atoms with Crippen LogP contribution in [0.4, 0.5) is 0 Å².